The highest BCUT2D eigenvalue weighted by molar-refractivity contribution is 7.03. The molecule has 0 aromatic carbocycles. The summed E-state index contributed by atoms with van der Waals surface area (Å²) in [5, 5.41) is 17.1. The molecule has 0 amide bonds. The molecule has 1 aliphatic rings. The third-order valence-electron chi connectivity index (χ3n) is 3.31. The first kappa shape index (κ1) is 13.3. The summed E-state index contributed by atoms with van der Waals surface area (Å²) in [6, 6.07) is 3.77. The number of rotatable bonds is 5. The first-order valence-electron chi connectivity index (χ1n) is 6.48. The number of halogens is 1. The van der Waals surface area contributed by atoms with Crippen molar-refractivity contribution < 1.29 is 4.39 Å². The van der Waals surface area contributed by atoms with Crippen LogP contribution in [0.15, 0.2) is 23.7 Å². The Morgan fingerprint density at radius 3 is 3.15 bits per heavy atom. The second kappa shape index (κ2) is 6.19. The molecule has 106 valence electrons. The zero-order valence-corrected chi connectivity index (χ0v) is 11.6. The second-order valence-electron chi connectivity index (χ2n) is 4.75. The Morgan fingerprint density at radius 1 is 1.45 bits per heavy atom. The van der Waals surface area contributed by atoms with Gasteiger partial charge in [0, 0.05) is 37.1 Å². The van der Waals surface area contributed by atoms with Gasteiger partial charge in [-0.3, -0.25) is 0 Å². The zero-order valence-electron chi connectivity index (χ0n) is 10.8. The van der Waals surface area contributed by atoms with Gasteiger partial charge in [0.2, 0.25) is 0 Å². The summed E-state index contributed by atoms with van der Waals surface area (Å²) in [5.74, 6) is 0.731. The molecule has 0 unspecified atom stereocenters. The molecule has 0 aliphatic carbocycles. The minimum Gasteiger partial charge on any atom is -0.348 e. The fourth-order valence-electron chi connectivity index (χ4n) is 2.41. The Morgan fingerprint density at radius 2 is 2.40 bits per heavy atom. The van der Waals surface area contributed by atoms with Gasteiger partial charge in [-0.2, -0.15) is 5.10 Å². The van der Waals surface area contributed by atoms with Crippen LogP contribution < -0.4 is 10.2 Å². The van der Waals surface area contributed by atoms with E-state index in [0.717, 1.165) is 11.5 Å². The molecule has 2 aromatic heterocycles. The number of anilines is 1. The lowest BCUT2D eigenvalue weighted by Gasteiger charge is -2.24. The van der Waals surface area contributed by atoms with Crippen molar-refractivity contribution >= 4 is 17.4 Å². The summed E-state index contributed by atoms with van der Waals surface area (Å²) in [7, 11) is 0. The van der Waals surface area contributed by atoms with Crippen molar-refractivity contribution in [2.45, 2.75) is 25.2 Å². The molecule has 2 aromatic rings. The summed E-state index contributed by atoms with van der Waals surface area (Å²) in [6.07, 6.45) is 1.32. The van der Waals surface area contributed by atoms with Crippen LogP contribution in [0.2, 0.25) is 0 Å². The quantitative estimate of drug-likeness (QED) is 0.888. The predicted octanol–water partition coefficient (Wildman–Crippen LogP) is 1.03. The fraction of sp³-hybridized carbons (Fsp3) is 0.500. The topological polar surface area (TPSA) is 66.8 Å². The smallest absolute Gasteiger partial charge is 0.151 e. The fourth-order valence-corrected chi connectivity index (χ4v) is 2.86. The van der Waals surface area contributed by atoms with Crippen molar-refractivity contribution in [1.29, 1.82) is 0 Å². The van der Waals surface area contributed by atoms with Crippen LogP contribution >= 0.6 is 11.5 Å². The normalized spacial score (nSPS) is 22.4. The third-order valence-corrected chi connectivity index (χ3v) is 3.86. The Kier molecular flexibility index (Phi) is 4.12. The molecule has 8 heteroatoms. The zero-order chi connectivity index (χ0) is 13.8. The van der Waals surface area contributed by atoms with E-state index in [4.69, 9.17) is 0 Å². The predicted molar refractivity (Wildman–Crippen MR) is 74.3 cm³/mol. The van der Waals surface area contributed by atoms with Gasteiger partial charge in [-0.05, 0) is 23.7 Å². The molecule has 0 bridgehead atoms. The molecular weight excluding hydrogens is 279 g/mol. The average Bonchev–Trinajstić information content (AvgIpc) is 3.10. The van der Waals surface area contributed by atoms with Gasteiger partial charge in [-0.15, -0.1) is 10.2 Å². The molecule has 0 spiro atoms. The van der Waals surface area contributed by atoms with Crippen molar-refractivity contribution in [3.8, 4) is 0 Å². The third kappa shape index (κ3) is 3.07. The Balaban J connectivity index is 1.59. The lowest BCUT2D eigenvalue weighted by molar-refractivity contribution is 0.354. The SMILES string of the molecule is F[C@H]1C[C@@H](CNCc2csnn2)N(c2cccnn2)C1. The van der Waals surface area contributed by atoms with E-state index in [1.54, 1.807) is 6.20 Å². The molecule has 1 fully saturated rings. The standard InChI is InChI=1S/C12H15FN6S/c13-9-4-11(6-14-5-10-8-20-18-16-10)19(7-9)12-2-1-3-15-17-12/h1-3,8-9,11,14H,4-7H2/t9-,11-/m0/s1. The summed E-state index contributed by atoms with van der Waals surface area (Å²) >= 11 is 1.33. The van der Waals surface area contributed by atoms with Crippen molar-refractivity contribution in [2.24, 2.45) is 0 Å². The van der Waals surface area contributed by atoms with Crippen LogP contribution in [0.1, 0.15) is 12.1 Å². The van der Waals surface area contributed by atoms with E-state index in [0.29, 0.717) is 26.1 Å². The van der Waals surface area contributed by atoms with Gasteiger partial charge in [0.05, 0.1) is 12.2 Å². The largest absolute Gasteiger partial charge is 0.348 e. The number of nitrogens with one attached hydrogen (secondary N) is 1. The Hall–Kier alpha value is -1.67. The molecule has 0 radical (unpaired) electrons. The second-order valence-corrected chi connectivity index (χ2v) is 5.36. The monoisotopic (exact) mass is 294 g/mol. The molecule has 1 saturated heterocycles. The highest BCUT2D eigenvalue weighted by Crippen LogP contribution is 2.24. The maximum atomic E-state index is 13.7. The summed E-state index contributed by atoms with van der Waals surface area (Å²) < 4.78 is 17.5. The van der Waals surface area contributed by atoms with Crippen molar-refractivity contribution in [3.05, 3.63) is 29.4 Å². The van der Waals surface area contributed by atoms with Crippen LogP contribution in [0.25, 0.3) is 0 Å². The molecule has 3 heterocycles. The van der Waals surface area contributed by atoms with Crippen molar-refractivity contribution in [3.63, 3.8) is 0 Å². The first-order valence-corrected chi connectivity index (χ1v) is 7.31. The van der Waals surface area contributed by atoms with E-state index in [2.05, 4.69) is 25.1 Å². The number of aromatic nitrogens is 4. The molecule has 20 heavy (non-hydrogen) atoms. The number of nitrogens with zero attached hydrogens (tertiary/aromatic N) is 5. The molecular formula is C12H15FN6S. The van der Waals surface area contributed by atoms with Crippen LogP contribution in [0.5, 0.6) is 0 Å². The summed E-state index contributed by atoms with van der Waals surface area (Å²) in [6.45, 7) is 1.72. The lowest BCUT2D eigenvalue weighted by atomic mass is 10.2. The first-order chi connectivity index (χ1) is 9.83. The van der Waals surface area contributed by atoms with Crippen LogP contribution in [0.3, 0.4) is 0 Å². The van der Waals surface area contributed by atoms with Gasteiger partial charge in [-0.25, -0.2) is 4.39 Å². The molecule has 2 atom stereocenters. The summed E-state index contributed by atoms with van der Waals surface area (Å²) in [5.41, 5.74) is 0.913. The van der Waals surface area contributed by atoms with Crippen molar-refractivity contribution in [2.75, 3.05) is 18.0 Å². The van der Waals surface area contributed by atoms with Crippen LogP contribution in [0, 0.1) is 0 Å². The Bertz CT molecular complexity index is 522. The molecule has 0 saturated carbocycles. The summed E-state index contributed by atoms with van der Waals surface area (Å²) in [4.78, 5) is 1.98. The van der Waals surface area contributed by atoms with E-state index in [1.807, 2.05) is 22.4 Å². The van der Waals surface area contributed by atoms with Gasteiger partial charge in [-0.1, -0.05) is 4.49 Å². The number of hydrogen-bond acceptors (Lipinski definition) is 7. The van der Waals surface area contributed by atoms with Crippen LogP contribution in [-0.4, -0.2) is 45.1 Å². The number of alkyl halides is 1. The maximum absolute atomic E-state index is 13.7. The van der Waals surface area contributed by atoms with Crippen LogP contribution in [-0.2, 0) is 6.54 Å². The maximum Gasteiger partial charge on any atom is 0.151 e. The van der Waals surface area contributed by atoms with E-state index >= 15 is 0 Å². The minimum absolute atomic E-state index is 0.0910. The van der Waals surface area contributed by atoms with E-state index in [-0.39, 0.29) is 6.04 Å². The van der Waals surface area contributed by atoms with Crippen LogP contribution in [0.4, 0.5) is 10.2 Å². The molecule has 3 rings (SSSR count). The minimum atomic E-state index is -0.815. The molecule has 1 N–H and O–H groups in total. The van der Waals surface area contributed by atoms with E-state index in [9.17, 15) is 4.39 Å². The van der Waals surface area contributed by atoms with Gasteiger partial charge in [0.1, 0.15) is 6.17 Å². The van der Waals surface area contributed by atoms with Gasteiger partial charge in [0.15, 0.2) is 5.82 Å². The highest BCUT2D eigenvalue weighted by atomic mass is 32.1. The Labute approximate surface area is 120 Å². The number of hydrogen-bond donors (Lipinski definition) is 1. The van der Waals surface area contributed by atoms with E-state index < -0.39 is 6.17 Å². The van der Waals surface area contributed by atoms with E-state index in [1.165, 1.54) is 11.5 Å². The molecule has 1 aliphatic heterocycles. The van der Waals surface area contributed by atoms with Gasteiger partial charge < -0.3 is 10.2 Å². The highest BCUT2D eigenvalue weighted by Gasteiger charge is 2.32. The van der Waals surface area contributed by atoms with Gasteiger partial charge >= 0.3 is 0 Å². The lowest BCUT2D eigenvalue weighted by Crippen LogP contribution is -2.38. The molecule has 6 nitrogen and oxygen atoms in total. The van der Waals surface area contributed by atoms with Gasteiger partial charge in [0.25, 0.3) is 0 Å². The average molecular weight is 294 g/mol. The van der Waals surface area contributed by atoms with Crippen molar-refractivity contribution in [1.82, 2.24) is 25.1 Å².